The lowest BCUT2D eigenvalue weighted by Crippen LogP contribution is -2.16. The third kappa shape index (κ3) is 3.49. The van der Waals surface area contributed by atoms with Gasteiger partial charge in [0.25, 0.3) is 0 Å². The topological polar surface area (TPSA) is 41.1 Å². The van der Waals surface area contributed by atoms with E-state index >= 15 is 0 Å². The molecule has 0 bridgehead atoms. The van der Waals surface area contributed by atoms with Gasteiger partial charge in [0.05, 0.1) is 19.0 Å². The van der Waals surface area contributed by atoms with Crippen LogP contribution in [0.4, 0.5) is 0 Å². The summed E-state index contributed by atoms with van der Waals surface area (Å²) in [6.45, 7) is 1.79. The number of ether oxygens (including phenoxy) is 1. The van der Waals surface area contributed by atoms with Gasteiger partial charge in [-0.05, 0) is 58.4 Å². The van der Waals surface area contributed by atoms with Crippen LogP contribution in [0.2, 0.25) is 0 Å². The summed E-state index contributed by atoms with van der Waals surface area (Å²) in [5.41, 5.74) is 4.79. The summed E-state index contributed by atoms with van der Waals surface area (Å²) >= 11 is 1.74. The van der Waals surface area contributed by atoms with Crippen LogP contribution in [0, 0.1) is 0 Å². The maximum atomic E-state index is 5.31. The summed E-state index contributed by atoms with van der Waals surface area (Å²) in [4.78, 5) is 2.31. The van der Waals surface area contributed by atoms with Gasteiger partial charge in [-0.3, -0.25) is 10.00 Å². The van der Waals surface area contributed by atoms with Gasteiger partial charge in [0.2, 0.25) is 0 Å². The number of nitrogens with one attached hydrogen (secondary N) is 1. The molecule has 0 atom stereocenters. The lowest BCUT2D eigenvalue weighted by Gasteiger charge is -2.16. The second kappa shape index (κ2) is 7.32. The van der Waals surface area contributed by atoms with E-state index in [1.165, 1.54) is 21.9 Å². The quantitative estimate of drug-likeness (QED) is 0.528. The molecular weight excluding hydrogens is 342 g/mol. The van der Waals surface area contributed by atoms with Crippen molar-refractivity contribution in [3.63, 3.8) is 0 Å². The van der Waals surface area contributed by atoms with Crippen LogP contribution in [-0.2, 0) is 13.1 Å². The minimum absolute atomic E-state index is 0.850. The summed E-state index contributed by atoms with van der Waals surface area (Å²) in [5, 5.41) is 14.1. The number of methoxy groups -OCH3 is 1. The molecule has 0 radical (unpaired) electrons. The van der Waals surface area contributed by atoms with Gasteiger partial charge in [0.1, 0.15) is 5.75 Å². The van der Waals surface area contributed by atoms with E-state index in [9.17, 15) is 0 Å². The second-order valence-electron chi connectivity index (χ2n) is 6.50. The first-order valence-corrected chi connectivity index (χ1v) is 9.47. The van der Waals surface area contributed by atoms with Crippen molar-refractivity contribution >= 4 is 22.1 Å². The van der Waals surface area contributed by atoms with E-state index in [-0.39, 0.29) is 0 Å². The van der Waals surface area contributed by atoms with Crippen molar-refractivity contribution in [1.29, 1.82) is 0 Å². The number of rotatable bonds is 6. The summed E-state index contributed by atoms with van der Waals surface area (Å²) in [7, 11) is 3.83. The molecule has 0 fully saturated rings. The predicted molar refractivity (Wildman–Crippen MR) is 108 cm³/mol. The SMILES string of the molecule is COc1ccc2cc(-c3[nH]ncc3CN(C)Cc3ccsc3)ccc2c1. The lowest BCUT2D eigenvalue weighted by molar-refractivity contribution is 0.320. The zero-order valence-corrected chi connectivity index (χ0v) is 15.7. The van der Waals surface area contributed by atoms with E-state index in [2.05, 4.69) is 69.3 Å². The fraction of sp³-hybridized carbons (Fsp3) is 0.190. The standard InChI is InChI=1S/C21H21N3OS/c1-24(12-15-7-8-26-14-15)13-19-11-22-23-21(19)18-4-3-17-10-20(25-2)6-5-16(17)9-18/h3-11,14H,12-13H2,1-2H3,(H,22,23). The van der Waals surface area contributed by atoms with E-state index < -0.39 is 0 Å². The molecule has 0 aliphatic heterocycles. The van der Waals surface area contributed by atoms with Crippen LogP contribution in [0.3, 0.4) is 0 Å². The average Bonchev–Trinajstić information content (AvgIpc) is 3.32. The van der Waals surface area contributed by atoms with Gasteiger partial charge in [-0.2, -0.15) is 16.4 Å². The fourth-order valence-corrected chi connectivity index (χ4v) is 3.89. The fourth-order valence-electron chi connectivity index (χ4n) is 3.23. The van der Waals surface area contributed by atoms with Crippen molar-refractivity contribution in [2.24, 2.45) is 0 Å². The number of H-pyrrole nitrogens is 1. The molecule has 0 unspecified atom stereocenters. The number of fused-ring (bicyclic) bond motifs is 1. The van der Waals surface area contributed by atoms with Crippen molar-refractivity contribution in [3.8, 4) is 17.0 Å². The maximum Gasteiger partial charge on any atom is 0.119 e. The van der Waals surface area contributed by atoms with Crippen LogP contribution in [0.1, 0.15) is 11.1 Å². The minimum atomic E-state index is 0.850. The molecule has 4 rings (SSSR count). The molecule has 2 aromatic heterocycles. The first-order chi connectivity index (χ1) is 12.7. The smallest absolute Gasteiger partial charge is 0.119 e. The van der Waals surface area contributed by atoms with Gasteiger partial charge in [-0.1, -0.05) is 18.2 Å². The lowest BCUT2D eigenvalue weighted by atomic mass is 10.0. The number of hydrogen-bond donors (Lipinski definition) is 1. The maximum absolute atomic E-state index is 5.31. The predicted octanol–water partition coefficient (Wildman–Crippen LogP) is 4.93. The van der Waals surface area contributed by atoms with Crippen LogP contribution in [-0.4, -0.2) is 29.3 Å². The number of aromatic nitrogens is 2. The molecule has 132 valence electrons. The molecule has 26 heavy (non-hydrogen) atoms. The van der Waals surface area contributed by atoms with Crippen molar-refractivity contribution in [3.05, 3.63) is 70.5 Å². The number of benzene rings is 2. The summed E-state index contributed by atoms with van der Waals surface area (Å²) < 4.78 is 5.31. The second-order valence-corrected chi connectivity index (χ2v) is 7.28. The molecule has 1 N–H and O–H groups in total. The number of hydrogen-bond acceptors (Lipinski definition) is 4. The Morgan fingerprint density at radius 3 is 2.73 bits per heavy atom. The zero-order chi connectivity index (χ0) is 17.9. The highest BCUT2D eigenvalue weighted by Crippen LogP contribution is 2.28. The Kier molecular flexibility index (Phi) is 4.73. The zero-order valence-electron chi connectivity index (χ0n) is 14.9. The Hall–Kier alpha value is -2.63. The first kappa shape index (κ1) is 16.8. The van der Waals surface area contributed by atoms with Gasteiger partial charge in [-0.15, -0.1) is 0 Å². The van der Waals surface area contributed by atoms with E-state index in [1.807, 2.05) is 12.3 Å². The Balaban J connectivity index is 1.58. The van der Waals surface area contributed by atoms with Gasteiger partial charge in [-0.25, -0.2) is 0 Å². The molecule has 0 aliphatic rings. The van der Waals surface area contributed by atoms with Crippen molar-refractivity contribution in [1.82, 2.24) is 15.1 Å². The van der Waals surface area contributed by atoms with Crippen LogP contribution in [0.5, 0.6) is 5.75 Å². The molecule has 2 aromatic carbocycles. The van der Waals surface area contributed by atoms with E-state index in [4.69, 9.17) is 4.74 Å². The van der Waals surface area contributed by atoms with Crippen molar-refractivity contribution in [2.75, 3.05) is 14.2 Å². The number of aromatic amines is 1. The number of nitrogens with zero attached hydrogens (tertiary/aromatic N) is 2. The average molecular weight is 363 g/mol. The number of thiophene rings is 1. The Morgan fingerprint density at radius 1 is 1.08 bits per heavy atom. The van der Waals surface area contributed by atoms with Crippen molar-refractivity contribution < 1.29 is 4.74 Å². The largest absolute Gasteiger partial charge is 0.497 e. The van der Waals surface area contributed by atoms with Crippen LogP contribution in [0.25, 0.3) is 22.0 Å². The van der Waals surface area contributed by atoms with Gasteiger partial charge < -0.3 is 4.74 Å². The summed E-state index contributed by atoms with van der Waals surface area (Å²) in [6.07, 6.45) is 1.93. The Morgan fingerprint density at radius 2 is 1.92 bits per heavy atom. The van der Waals surface area contributed by atoms with Crippen molar-refractivity contribution in [2.45, 2.75) is 13.1 Å². The normalized spacial score (nSPS) is 11.3. The highest BCUT2D eigenvalue weighted by molar-refractivity contribution is 7.07. The Labute approximate surface area is 157 Å². The summed E-state index contributed by atoms with van der Waals surface area (Å²) in [6, 6.07) is 14.8. The van der Waals surface area contributed by atoms with Gasteiger partial charge >= 0.3 is 0 Å². The van der Waals surface area contributed by atoms with E-state index in [1.54, 1.807) is 18.4 Å². The molecule has 0 spiro atoms. The molecule has 5 heteroatoms. The monoisotopic (exact) mass is 363 g/mol. The summed E-state index contributed by atoms with van der Waals surface area (Å²) in [5.74, 6) is 0.877. The molecular formula is C21H21N3OS. The third-order valence-electron chi connectivity index (χ3n) is 4.53. The highest BCUT2D eigenvalue weighted by atomic mass is 32.1. The highest BCUT2D eigenvalue weighted by Gasteiger charge is 2.11. The Bertz CT molecular complexity index is 1010. The third-order valence-corrected chi connectivity index (χ3v) is 5.26. The molecule has 2 heterocycles. The minimum Gasteiger partial charge on any atom is -0.497 e. The van der Waals surface area contributed by atoms with Crippen LogP contribution in [0.15, 0.2) is 59.4 Å². The molecule has 0 aliphatic carbocycles. The molecule has 0 saturated carbocycles. The molecule has 0 saturated heterocycles. The first-order valence-electron chi connectivity index (χ1n) is 8.53. The van der Waals surface area contributed by atoms with E-state index in [0.29, 0.717) is 0 Å². The van der Waals surface area contributed by atoms with Gasteiger partial charge in [0.15, 0.2) is 0 Å². The molecule has 4 aromatic rings. The molecule has 0 amide bonds. The van der Waals surface area contributed by atoms with Gasteiger partial charge in [0, 0.05) is 24.2 Å². The van der Waals surface area contributed by atoms with E-state index in [0.717, 1.165) is 30.1 Å². The van der Waals surface area contributed by atoms with Crippen LogP contribution >= 0.6 is 11.3 Å². The van der Waals surface area contributed by atoms with Crippen LogP contribution < -0.4 is 4.74 Å². The molecule has 4 nitrogen and oxygen atoms in total.